The number of benzene rings is 1. The van der Waals surface area contributed by atoms with Crippen molar-refractivity contribution >= 4 is 41.5 Å². The molecule has 3 rings (SSSR count). The second kappa shape index (κ2) is 12.4. The van der Waals surface area contributed by atoms with Gasteiger partial charge in [0.2, 0.25) is 0 Å². The van der Waals surface area contributed by atoms with Crippen molar-refractivity contribution in [1.82, 2.24) is 25.4 Å². The van der Waals surface area contributed by atoms with Gasteiger partial charge in [-0.2, -0.15) is 5.10 Å². The molecule has 0 spiro atoms. The Bertz CT molecular complexity index is 948. The minimum absolute atomic E-state index is 0. The van der Waals surface area contributed by atoms with Gasteiger partial charge >= 0.3 is 0 Å². The number of methoxy groups -OCH3 is 1. The number of ether oxygens (including phenoxy) is 1. The summed E-state index contributed by atoms with van der Waals surface area (Å²) in [5.74, 6) is 2.29. The lowest BCUT2D eigenvalue weighted by Crippen LogP contribution is -2.38. The maximum atomic E-state index is 6.32. The highest BCUT2D eigenvalue weighted by Crippen LogP contribution is 2.22. The first-order valence-electron chi connectivity index (χ1n) is 9.49. The molecule has 9 heteroatoms. The minimum Gasteiger partial charge on any atom is -0.497 e. The van der Waals surface area contributed by atoms with E-state index in [-0.39, 0.29) is 24.0 Å². The van der Waals surface area contributed by atoms with E-state index in [2.05, 4.69) is 25.7 Å². The molecule has 0 aliphatic rings. The molecule has 1 aromatic carbocycles. The molecule has 0 unspecified atom stereocenters. The number of pyridine rings is 1. The van der Waals surface area contributed by atoms with Crippen molar-refractivity contribution in [3.8, 4) is 11.6 Å². The zero-order chi connectivity index (χ0) is 20.5. The Hall–Kier alpha value is -2.33. The maximum absolute atomic E-state index is 6.32. The molecule has 0 aliphatic carbocycles. The molecule has 0 radical (unpaired) electrons. The number of aliphatic imine (C=N–C) groups is 1. The van der Waals surface area contributed by atoms with Gasteiger partial charge in [0, 0.05) is 36.7 Å². The summed E-state index contributed by atoms with van der Waals surface area (Å²) in [5.41, 5.74) is 2.12. The lowest BCUT2D eigenvalue weighted by molar-refractivity contribution is 0.414. The van der Waals surface area contributed by atoms with Gasteiger partial charge in [-0.15, -0.1) is 24.0 Å². The molecule has 2 heterocycles. The van der Waals surface area contributed by atoms with Crippen LogP contribution in [-0.2, 0) is 13.0 Å². The fourth-order valence-electron chi connectivity index (χ4n) is 2.77. The van der Waals surface area contributed by atoms with E-state index in [1.54, 1.807) is 24.2 Å². The molecule has 7 nitrogen and oxygen atoms in total. The van der Waals surface area contributed by atoms with Crippen LogP contribution >= 0.6 is 35.6 Å². The van der Waals surface area contributed by atoms with E-state index in [0.717, 1.165) is 41.6 Å². The highest BCUT2D eigenvalue weighted by atomic mass is 127. The second-order valence-corrected chi connectivity index (χ2v) is 6.71. The molecule has 30 heavy (non-hydrogen) atoms. The number of guanidine groups is 1. The van der Waals surface area contributed by atoms with Gasteiger partial charge in [-0.05, 0) is 54.8 Å². The summed E-state index contributed by atoms with van der Waals surface area (Å²) < 4.78 is 6.92. The largest absolute Gasteiger partial charge is 0.497 e. The second-order valence-electron chi connectivity index (χ2n) is 6.30. The van der Waals surface area contributed by atoms with Crippen LogP contribution < -0.4 is 15.4 Å². The van der Waals surface area contributed by atoms with Crippen molar-refractivity contribution in [3.63, 3.8) is 0 Å². The number of nitrogens with zero attached hydrogens (tertiary/aromatic N) is 4. The van der Waals surface area contributed by atoms with Crippen molar-refractivity contribution < 1.29 is 4.74 Å². The normalized spacial score (nSPS) is 11.0. The van der Waals surface area contributed by atoms with Gasteiger partial charge in [0.25, 0.3) is 0 Å². The van der Waals surface area contributed by atoms with Crippen molar-refractivity contribution in [2.45, 2.75) is 19.9 Å². The molecule has 0 fully saturated rings. The molecule has 3 aromatic rings. The zero-order valence-electron chi connectivity index (χ0n) is 17.0. The van der Waals surface area contributed by atoms with Gasteiger partial charge in [-0.3, -0.25) is 0 Å². The molecule has 2 aromatic heterocycles. The third-order valence-corrected chi connectivity index (χ3v) is 4.61. The van der Waals surface area contributed by atoms with Crippen LogP contribution in [0.1, 0.15) is 18.1 Å². The molecule has 2 N–H and O–H groups in total. The first kappa shape index (κ1) is 23.9. The van der Waals surface area contributed by atoms with Crippen molar-refractivity contribution in [2.75, 3.05) is 20.2 Å². The van der Waals surface area contributed by atoms with Crippen LogP contribution in [0.5, 0.6) is 5.75 Å². The van der Waals surface area contributed by atoms with E-state index in [4.69, 9.17) is 16.3 Å². The Morgan fingerprint density at radius 3 is 2.77 bits per heavy atom. The van der Waals surface area contributed by atoms with Crippen LogP contribution in [-0.4, -0.2) is 40.9 Å². The summed E-state index contributed by atoms with van der Waals surface area (Å²) in [6, 6.07) is 11.5. The molecule has 0 saturated carbocycles. The van der Waals surface area contributed by atoms with Crippen LogP contribution in [0, 0.1) is 0 Å². The molecule has 0 bridgehead atoms. The fourth-order valence-corrected chi connectivity index (χ4v) is 3.04. The van der Waals surface area contributed by atoms with Crippen molar-refractivity contribution in [3.05, 3.63) is 71.1 Å². The number of aromatic nitrogens is 3. The van der Waals surface area contributed by atoms with Crippen LogP contribution in [0.2, 0.25) is 5.02 Å². The summed E-state index contributed by atoms with van der Waals surface area (Å²) in [7, 11) is 1.63. The summed E-state index contributed by atoms with van der Waals surface area (Å²) in [5, 5.41) is 11.5. The predicted molar refractivity (Wildman–Crippen MR) is 131 cm³/mol. The minimum atomic E-state index is 0. The summed E-state index contributed by atoms with van der Waals surface area (Å²) in [4.78, 5) is 9.02. The molecule has 0 saturated heterocycles. The zero-order valence-corrected chi connectivity index (χ0v) is 20.1. The third kappa shape index (κ3) is 6.88. The quantitative estimate of drug-likeness (QED) is 0.258. The van der Waals surface area contributed by atoms with Crippen molar-refractivity contribution in [2.24, 2.45) is 4.99 Å². The Labute approximate surface area is 198 Å². The van der Waals surface area contributed by atoms with Gasteiger partial charge < -0.3 is 15.4 Å². The Kier molecular flexibility index (Phi) is 9.88. The predicted octanol–water partition coefficient (Wildman–Crippen LogP) is 3.85. The van der Waals surface area contributed by atoms with Crippen LogP contribution in [0.25, 0.3) is 5.82 Å². The SMILES string of the molecule is CCNC(=NCc1ccnc(-n2cccn2)c1)NCCc1ccc(OC)cc1Cl.I. The van der Waals surface area contributed by atoms with E-state index in [1.807, 2.05) is 49.5 Å². The van der Waals surface area contributed by atoms with E-state index in [0.29, 0.717) is 18.1 Å². The highest BCUT2D eigenvalue weighted by Gasteiger charge is 2.04. The number of nitrogens with one attached hydrogen (secondary N) is 2. The van der Waals surface area contributed by atoms with Crippen molar-refractivity contribution in [1.29, 1.82) is 0 Å². The lowest BCUT2D eigenvalue weighted by atomic mass is 10.1. The van der Waals surface area contributed by atoms with Crippen LogP contribution in [0.4, 0.5) is 0 Å². The lowest BCUT2D eigenvalue weighted by Gasteiger charge is -2.12. The van der Waals surface area contributed by atoms with Gasteiger partial charge in [0.1, 0.15) is 5.75 Å². The average molecular weight is 541 g/mol. The van der Waals surface area contributed by atoms with E-state index in [9.17, 15) is 0 Å². The first-order valence-corrected chi connectivity index (χ1v) is 9.87. The topological polar surface area (TPSA) is 76.4 Å². The van der Waals surface area contributed by atoms with Gasteiger partial charge in [0.05, 0.1) is 13.7 Å². The van der Waals surface area contributed by atoms with Crippen LogP contribution in [0.3, 0.4) is 0 Å². The standard InChI is InChI=1S/C21H25ClN6O.HI/c1-3-23-21(25-11-8-17-5-6-18(29-2)14-19(17)22)26-15-16-7-10-24-20(13-16)28-12-4-9-27-28;/h4-7,9-10,12-14H,3,8,11,15H2,1-2H3,(H2,23,25,26);1H. The molecular formula is C21H26ClIN6O. The number of hydrogen-bond acceptors (Lipinski definition) is 4. The molecular weight excluding hydrogens is 515 g/mol. The smallest absolute Gasteiger partial charge is 0.191 e. The van der Waals surface area contributed by atoms with E-state index < -0.39 is 0 Å². The van der Waals surface area contributed by atoms with Gasteiger partial charge in [0.15, 0.2) is 11.8 Å². The maximum Gasteiger partial charge on any atom is 0.191 e. The van der Waals surface area contributed by atoms with Gasteiger partial charge in [-0.1, -0.05) is 17.7 Å². The van der Waals surface area contributed by atoms with E-state index >= 15 is 0 Å². The Morgan fingerprint density at radius 1 is 1.20 bits per heavy atom. The fraction of sp³-hybridized carbons (Fsp3) is 0.286. The Morgan fingerprint density at radius 2 is 2.07 bits per heavy atom. The third-order valence-electron chi connectivity index (χ3n) is 4.26. The highest BCUT2D eigenvalue weighted by molar-refractivity contribution is 14.0. The monoisotopic (exact) mass is 540 g/mol. The summed E-state index contributed by atoms with van der Waals surface area (Å²) in [6.45, 7) is 4.08. The summed E-state index contributed by atoms with van der Waals surface area (Å²) in [6.07, 6.45) is 6.15. The van der Waals surface area contributed by atoms with Crippen LogP contribution in [0.15, 0.2) is 60.0 Å². The number of halogens is 2. The molecule has 160 valence electrons. The number of rotatable bonds is 8. The molecule has 0 atom stereocenters. The summed E-state index contributed by atoms with van der Waals surface area (Å²) >= 11 is 6.32. The molecule has 0 amide bonds. The van der Waals surface area contributed by atoms with E-state index in [1.165, 1.54) is 0 Å². The average Bonchev–Trinajstić information content (AvgIpc) is 3.28. The first-order chi connectivity index (χ1) is 14.2. The van der Waals surface area contributed by atoms with Gasteiger partial charge in [-0.25, -0.2) is 14.7 Å². The molecule has 0 aliphatic heterocycles. The Balaban J connectivity index is 0.00000320. The number of hydrogen-bond donors (Lipinski definition) is 2.